The Hall–Kier alpha value is -2.23. The highest BCUT2D eigenvalue weighted by Crippen LogP contribution is 2.12. The summed E-state index contributed by atoms with van der Waals surface area (Å²) in [6.45, 7) is 3.61. The number of hydrogen-bond donors (Lipinski definition) is 1. The molecule has 0 bridgehead atoms. The Bertz CT molecular complexity index is 579. The monoisotopic (exact) mass is 244 g/mol. The molecule has 0 aliphatic heterocycles. The van der Waals surface area contributed by atoms with E-state index in [1.165, 1.54) is 18.2 Å². The van der Waals surface area contributed by atoms with Crippen LogP contribution in [0.5, 0.6) is 0 Å². The highest BCUT2D eigenvalue weighted by Gasteiger charge is 2.10. The zero-order chi connectivity index (χ0) is 13.1. The first-order valence-corrected chi connectivity index (χ1v) is 5.56. The summed E-state index contributed by atoms with van der Waals surface area (Å²) in [4.78, 5) is 16.0. The van der Waals surface area contributed by atoms with Crippen LogP contribution in [0.1, 0.15) is 21.5 Å². The Morgan fingerprint density at radius 2 is 2.00 bits per heavy atom. The smallest absolute Gasteiger partial charge is 0.257 e. The van der Waals surface area contributed by atoms with Crippen molar-refractivity contribution < 1.29 is 9.18 Å². The maximum absolute atomic E-state index is 12.9. The number of benzene rings is 1. The minimum Gasteiger partial charge on any atom is -0.307 e. The second-order valence-electron chi connectivity index (χ2n) is 4.13. The van der Waals surface area contributed by atoms with Crippen LogP contribution < -0.4 is 5.32 Å². The van der Waals surface area contributed by atoms with Gasteiger partial charge in [0, 0.05) is 11.8 Å². The molecule has 3 nitrogen and oxygen atoms in total. The summed E-state index contributed by atoms with van der Waals surface area (Å²) < 4.78 is 12.9. The molecule has 0 aliphatic rings. The maximum Gasteiger partial charge on any atom is 0.257 e. The molecule has 1 amide bonds. The number of rotatable bonds is 2. The Labute approximate surface area is 105 Å². The van der Waals surface area contributed by atoms with E-state index in [0.29, 0.717) is 16.9 Å². The molecule has 1 heterocycles. The fourth-order valence-electron chi connectivity index (χ4n) is 1.61. The van der Waals surface area contributed by atoms with Crippen molar-refractivity contribution in [2.24, 2.45) is 0 Å². The van der Waals surface area contributed by atoms with Crippen molar-refractivity contribution in [3.8, 4) is 0 Å². The highest BCUT2D eigenvalue weighted by atomic mass is 19.1. The topological polar surface area (TPSA) is 42.0 Å². The molecule has 4 heteroatoms. The molecule has 0 spiro atoms. The highest BCUT2D eigenvalue weighted by molar-refractivity contribution is 6.04. The molecule has 0 unspecified atom stereocenters. The van der Waals surface area contributed by atoms with Gasteiger partial charge in [-0.3, -0.25) is 4.79 Å². The van der Waals surface area contributed by atoms with Crippen molar-refractivity contribution in [3.05, 3.63) is 59.0 Å². The van der Waals surface area contributed by atoms with Gasteiger partial charge in [-0.15, -0.1) is 0 Å². The Kier molecular flexibility index (Phi) is 3.37. The molecule has 18 heavy (non-hydrogen) atoms. The van der Waals surface area contributed by atoms with E-state index in [1.807, 2.05) is 13.0 Å². The predicted molar refractivity (Wildman–Crippen MR) is 68.1 cm³/mol. The van der Waals surface area contributed by atoms with E-state index in [9.17, 15) is 9.18 Å². The molecule has 0 saturated carbocycles. The summed E-state index contributed by atoms with van der Waals surface area (Å²) in [5.74, 6) is -0.157. The Balaban J connectivity index is 2.19. The minimum atomic E-state index is -0.350. The van der Waals surface area contributed by atoms with Crippen LogP contribution >= 0.6 is 0 Å². The van der Waals surface area contributed by atoms with Crippen molar-refractivity contribution >= 4 is 11.7 Å². The van der Waals surface area contributed by atoms with Crippen molar-refractivity contribution in [1.82, 2.24) is 4.98 Å². The fourth-order valence-corrected chi connectivity index (χ4v) is 1.61. The third kappa shape index (κ3) is 2.71. The number of amides is 1. The first-order chi connectivity index (χ1) is 8.56. The molecular weight excluding hydrogens is 231 g/mol. The first kappa shape index (κ1) is 12.2. The quantitative estimate of drug-likeness (QED) is 0.882. The van der Waals surface area contributed by atoms with Crippen molar-refractivity contribution in [2.45, 2.75) is 13.8 Å². The lowest BCUT2D eigenvalue weighted by Crippen LogP contribution is -2.14. The van der Waals surface area contributed by atoms with Crippen LogP contribution in [0.25, 0.3) is 0 Å². The largest absolute Gasteiger partial charge is 0.307 e. The molecular formula is C14H13FN2O. The summed E-state index contributed by atoms with van der Waals surface area (Å²) in [5, 5.41) is 2.67. The van der Waals surface area contributed by atoms with E-state index in [1.54, 1.807) is 19.2 Å². The van der Waals surface area contributed by atoms with Gasteiger partial charge in [-0.05, 0) is 49.2 Å². The van der Waals surface area contributed by atoms with Gasteiger partial charge < -0.3 is 5.32 Å². The maximum atomic E-state index is 12.9. The van der Waals surface area contributed by atoms with E-state index >= 15 is 0 Å². The molecule has 0 aliphatic carbocycles. The number of carbonyl (C=O) groups excluding carboxylic acids is 1. The number of anilines is 1. The molecule has 0 saturated heterocycles. The molecule has 1 aromatic carbocycles. The average Bonchev–Trinajstić information content (AvgIpc) is 2.32. The Morgan fingerprint density at radius 1 is 1.22 bits per heavy atom. The van der Waals surface area contributed by atoms with Crippen molar-refractivity contribution in [1.29, 1.82) is 0 Å². The second-order valence-corrected chi connectivity index (χ2v) is 4.13. The predicted octanol–water partition coefficient (Wildman–Crippen LogP) is 3.09. The van der Waals surface area contributed by atoms with Crippen molar-refractivity contribution in [2.75, 3.05) is 5.32 Å². The third-order valence-electron chi connectivity index (χ3n) is 2.59. The lowest BCUT2D eigenvalue weighted by molar-refractivity contribution is 0.102. The summed E-state index contributed by atoms with van der Waals surface area (Å²) in [7, 11) is 0. The van der Waals surface area contributed by atoms with E-state index in [4.69, 9.17) is 0 Å². The van der Waals surface area contributed by atoms with Gasteiger partial charge in [-0.25, -0.2) is 9.37 Å². The summed E-state index contributed by atoms with van der Waals surface area (Å²) in [5.41, 5.74) is 2.06. The summed E-state index contributed by atoms with van der Waals surface area (Å²) >= 11 is 0. The number of aromatic nitrogens is 1. The molecule has 1 aromatic heterocycles. The molecule has 1 N–H and O–H groups in total. The summed E-state index contributed by atoms with van der Waals surface area (Å²) in [6, 6.07) is 7.66. The number of nitrogens with zero attached hydrogens (tertiary/aromatic N) is 1. The number of carbonyl (C=O) groups is 1. The van der Waals surface area contributed by atoms with Gasteiger partial charge in [0.2, 0.25) is 0 Å². The van der Waals surface area contributed by atoms with Gasteiger partial charge in [0.1, 0.15) is 11.6 Å². The summed E-state index contributed by atoms with van der Waals surface area (Å²) in [6.07, 6.45) is 1.67. The van der Waals surface area contributed by atoms with Crippen molar-refractivity contribution in [3.63, 3.8) is 0 Å². The van der Waals surface area contributed by atoms with Gasteiger partial charge in [0.05, 0.1) is 0 Å². The normalized spacial score (nSPS) is 10.2. The van der Waals surface area contributed by atoms with E-state index in [2.05, 4.69) is 10.3 Å². The lowest BCUT2D eigenvalue weighted by atomic mass is 10.1. The van der Waals surface area contributed by atoms with Crippen LogP contribution in [0.15, 0.2) is 36.5 Å². The van der Waals surface area contributed by atoms with E-state index < -0.39 is 0 Å². The van der Waals surface area contributed by atoms with E-state index in [0.717, 1.165) is 5.56 Å². The van der Waals surface area contributed by atoms with Crippen LogP contribution in [0.3, 0.4) is 0 Å². The van der Waals surface area contributed by atoms with Crippen LogP contribution in [0.2, 0.25) is 0 Å². The zero-order valence-corrected chi connectivity index (χ0v) is 10.2. The number of halogens is 1. The fraction of sp³-hybridized carbons (Fsp3) is 0.143. The minimum absolute atomic E-state index is 0.288. The molecule has 2 aromatic rings. The number of hydrogen-bond acceptors (Lipinski definition) is 2. The molecule has 0 atom stereocenters. The molecule has 0 radical (unpaired) electrons. The van der Waals surface area contributed by atoms with Gasteiger partial charge in [-0.2, -0.15) is 0 Å². The van der Waals surface area contributed by atoms with Gasteiger partial charge in [0.25, 0.3) is 5.91 Å². The number of pyridine rings is 1. The van der Waals surface area contributed by atoms with Gasteiger partial charge >= 0.3 is 0 Å². The molecule has 2 rings (SSSR count). The standard InChI is InChI=1S/C14H13FN2O/c1-9-3-6-13(16-8-9)17-14(18)12-5-4-11(15)7-10(12)2/h3-8H,1-2H3,(H,16,17,18). The zero-order valence-electron chi connectivity index (χ0n) is 10.2. The van der Waals surface area contributed by atoms with Crippen LogP contribution in [-0.4, -0.2) is 10.9 Å². The first-order valence-electron chi connectivity index (χ1n) is 5.56. The third-order valence-corrected chi connectivity index (χ3v) is 2.59. The lowest BCUT2D eigenvalue weighted by Gasteiger charge is -2.07. The van der Waals surface area contributed by atoms with E-state index in [-0.39, 0.29) is 11.7 Å². The van der Waals surface area contributed by atoms with Crippen LogP contribution in [-0.2, 0) is 0 Å². The van der Waals surface area contributed by atoms with Crippen LogP contribution in [0.4, 0.5) is 10.2 Å². The number of nitrogens with one attached hydrogen (secondary N) is 1. The molecule has 0 fully saturated rings. The second kappa shape index (κ2) is 4.96. The molecule has 92 valence electrons. The van der Waals surface area contributed by atoms with Crippen LogP contribution in [0, 0.1) is 19.7 Å². The Morgan fingerprint density at radius 3 is 2.61 bits per heavy atom. The average molecular weight is 244 g/mol. The SMILES string of the molecule is Cc1ccc(NC(=O)c2ccc(F)cc2C)nc1. The number of aryl methyl sites for hydroxylation is 2. The van der Waals surface area contributed by atoms with Gasteiger partial charge in [-0.1, -0.05) is 6.07 Å². The van der Waals surface area contributed by atoms with Gasteiger partial charge in [0.15, 0.2) is 0 Å².